The number of hydrogen-bond donors (Lipinski definition) is 1. The predicted octanol–water partition coefficient (Wildman–Crippen LogP) is 6.32. The second-order valence-corrected chi connectivity index (χ2v) is 25.6. The van der Waals surface area contributed by atoms with E-state index in [-0.39, 0.29) is 24.4 Å². The van der Waals surface area contributed by atoms with Gasteiger partial charge in [-0.25, -0.2) is 5.09 Å². The summed E-state index contributed by atoms with van der Waals surface area (Å²) in [5.74, 6) is -1.45. The van der Waals surface area contributed by atoms with Gasteiger partial charge in [0.25, 0.3) is 0 Å². The molecule has 0 amide bonds. The van der Waals surface area contributed by atoms with Gasteiger partial charge in [-0.05, 0) is 38.1 Å². The van der Waals surface area contributed by atoms with Crippen LogP contribution in [0.2, 0.25) is 39.3 Å². The van der Waals surface area contributed by atoms with Crippen molar-refractivity contribution in [2.24, 2.45) is 0 Å². The van der Waals surface area contributed by atoms with E-state index in [1.165, 1.54) is 10.4 Å². The fourth-order valence-corrected chi connectivity index (χ4v) is 10.6. The Morgan fingerprint density at radius 3 is 1.78 bits per heavy atom. The largest absolute Gasteiger partial charge is 0.408 e. The average molecular weight is 618 g/mol. The van der Waals surface area contributed by atoms with Gasteiger partial charge in [-0.2, -0.15) is 0 Å². The van der Waals surface area contributed by atoms with Gasteiger partial charge in [0.1, 0.15) is 29.5 Å². The fourth-order valence-electron chi connectivity index (χ4n) is 6.11. The van der Waals surface area contributed by atoms with Gasteiger partial charge in [-0.3, -0.25) is 0 Å². The summed E-state index contributed by atoms with van der Waals surface area (Å²) in [6, 6.07) is 12.7. The van der Waals surface area contributed by atoms with Crippen LogP contribution in [0.4, 0.5) is 0 Å². The molecular formula is C30H44NO7PSi2. The third kappa shape index (κ3) is 5.64. The lowest BCUT2D eigenvalue weighted by atomic mass is 10.0. The van der Waals surface area contributed by atoms with Gasteiger partial charge in [-0.15, -0.1) is 0 Å². The average Bonchev–Trinajstić information content (AvgIpc) is 3.42. The number of benzene rings is 2. The molecule has 41 heavy (non-hydrogen) atoms. The van der Waals surface area contributed by atoms with Gasteiger partial charge >= 0.3 is 8.16 Å². The summed E-state index contributed by atoms with van der Waals surface area (Å²) in [5, 5.41) is 8.45. The van der Waals surface area contributed by atoms with Crippen LogP contribution in [0.15, 0.2) is 44.8 Å². The fraction of sp³-hybridized carbons (Fsp3) is 0.600. The van der Waals surface area contributed by atoms with Gasteiger partial charge in [0.15, 0.2) is 17.9 Å². The van der Waals surface area contributed by atoms with E-state index in [2.05, 4.69) is 80.8 Å². The van der Waals surface area contributed by atoms with Crippen LogP contribution in [0.1, 0.15) is 27.7 Å². The highest BCUT2D eigenvalue weighted by Gasteiger charge is 2.58. The zero-order valence-corrected chi connectivity index (χ0v) is 28.8. The number of fused-ring (bicyclic) bond motifs is 4. The molecule has 3 fully saturated rings. The van der Waals surface area contributed by atoms with E-state index < -0.39 is 42.2 Å². The van der Waals surface area contributed by atoms with Crippen LogP contribution in [0, 0.1) is 0 Å². The molecule has 0 bridgehead atoms. The summed E-state index contributed by atoms with van der Waals surface area (Å²) in [4.78, 5) is 0. The Morgan fingerprint density at radius 2 is 1.29 bits per heavy atom. The molecule has 224 valence electrons. The van der Waals surface area contributed by atoms with E-state index in [1.807, 2.05) is 27.7 Å². The monoisotopic (exact) mass is 617 g/mol. The highest BCUT2D eigenvalue weighted by Crippen LogP contribution is 2.44. The van der Waals surface area contributed by atoms with Crippen molar-refractivity contribution in [3.8, 4) is 0 Å². The second kappa shape index (κ2) is 10.0. The van der Waals surface area contributed by atoms with Crippen LogP contribution in [-0.4, -0.2) is 65.0 Å². The van der Waals surface area contributed by atoms with Crippen LogP contribution in [0.3, 0.4) is 0 Å². The van der Waals surface area contributed by atoms with Crippen molar-refractivity contribution in [3.63, 3.8) is 0 Å². The third-order valence-electron chi connectivity index (χ3n) is 8.02. The minimum atomic E-state index is -1.77. The molecule has 0 saturated carbocycles. The number of hydrogen-bond acceptors (Lipinski definition) is 8. The summed E-state index contributed by atoms with van der Waals surface area (Å²) in [5.41, 5.74) is 1.82. The van der Waals surface area contributed by atoms with Gasteiger partial charge in [-0.1, -0.05) is 75.7 Å². The summed E-state index contributed by atoms with van der Waals surface area (Å²) in [6.07, 6.45) is -1.56. The highest BCUT2D eigenvalue weighted by molar-refractivity contribution is 7.38. The Kier molecular flexibility index (Phi) is 7.25. The molecule has 1 aromatic heterocycles. The standard InChI is InChI=1S/C30H44NO7PSi2/c1-29(2)32-17-20(34-29)26-23(27-28(33-26)36-30(3,4)35-27)31-39-37-24-18(13-11-15-21(24)40(5,6)7)19-14-12-16-22(25(19)38-39)41(8,9)10/h11-16,20,23,26-28,31H,17H2,1-10H3/t20-,23+,26-,27-,28-/m1/s1. The Morgan fingerprint density at radius 1 is 0.732 bits per heavy atom. The molecule has 3 aliphatic rings. The van der Waals surface area contributed by atoms with Gasteiger partial charge < -0.3 is 32.1 Å². The first-order valence-electron chi connectivity index (χ1n) is 14.5. The van der Waals surface area contributed by atoms with E-state index in [1.54, 1.807) is 0 Å². The van der Waals surface area contributed by atoms with Crippen LogP contribution >= 0.6 is 8.16 Å². The van der Waals surface area contributed by atoms with Crippen molar-refractivity contribution in [1.29, 1.82) is 0 Å². The molecule has 3 aromatic rings. The zero-order chi connectivity index (χ0) is 29.5. The normalized spacial score (nSPS) is 29.4. The third-order valence-corrected chi connectivity index (χ3v) is 13.2. The van der Waals surface area contributed by atoms with Crippen LogP contribution in [0.25, 0.3) is 21.9 Å². The maximum absolute atomic E-state index is 6.94. The summed E-state index contributed by atoms with van der Waals surface area (Å²) in [6.45, 7) is 22.2. The molecule has 0 spiro atoms. The van der Waals surface area contributed by atoms with Crippen molar-refractivity contribution < 1.29 is 32.1 Å². The Bertz CT molecular complexity index is 1430. The quantitative estimate of drug-likeness (QED) is 0.333. The first-order chi connectivity index (χ1) is 19.0. The number of nitrogens with one attached hydrogen (secondary N) is 1. The van der Waals surface area contributed by atoms with Crippen LogP contribution in [-0.2, 0) is 23.7 Å². The Balaban J connectivity index is 1.54. The lowest BCUT2D eigenvalue weighted by Crippen LogP contribution is -2.46. The number of ether oxygens (including phenoxy) is 5. The molecule has 6 rings (SSSR count). The van der Waals surface area contributed by atoms with Crippen molar-refractivity contribution in [3.05, 3.63) is 36.4 Å². The van der Waals surface area contributed by atoms with Crippen LogP contribution < -0.4 is 15.5 Å². The minimum Gasteiger partial charge on any atom is -0.408 e. The maximum Gasteiger partial charge on any atom is 0.307 e. The molecule has 1 N–H and O–H groups in total. The van der Waals surface area contributed by atoms with Gasteiger partial charge in [0, 0.05) is 10.8 Å². The van der Waals surface area contributed by atoms with Crippen molar-refractivity contribution in [1.82, 2.24) is 0 Å². The van der Waals surface area contributed by atoms with E-state index in [4.69, 9.17) is 32.1 Å². The zero-order valence-electron chi connectivity index (χ0n) is 25.9. The topological polar surface area (TPSA) is 84.5 Å². The predicted molar refractivity (Wildman–Crippen MR) is 169 cm³/mol. The first kappa shape index (κ1) is 29.6. The molecule has 4 heterocycles. The molecule has 5 atom stereocenters. The van der Waals surface area contributed by atoms with Crippen molar-refractivity contribution in [2.75, 3.05) is 11.7 Å². The van der Waals surface area contributed by atoms with E-state index in [0.29, 0.717) is 6.61 Å². The van der Waals surface area contributed by atoms with Gasteiger partial charge in [0.2, 0.25) is 0 Å². The summed E-state index contributed by atoms with van der Waals surface area (Å²) in [7, 11) is -5.18. The summed E-state index contributed by atoms with van der Waals surface area (Å²) >= 11 is 0. The van der Waals surface area contributed by atoms with E-state index in [9.17, 15) is 0 Å². The second-order valence-electron chi connectivity index (χ2n) is 14.4. The van der Waals surface area contributed by atoms with E-state index in [0.717, 1.165) is 21.9 Å². The molecule has 0 radical (unpaired) electrons. The molecular weight excluding hydrogens is 573 g/mol. The summed E-state index contributed by atoms with van der Waals surface area (Å²) < 4.78 is 45.1. The maximum atomic E-state index is 6.94. The molecule has 2 aromatic carbocycles. The molecule has 0 unspecified atom stereocenters. The van der Waals surface area contributed by atoms with Crippen molar-refractivity contribution >= 4 is 56.6 Å². The highest BCUT2D eigenvalue weighted by atomic mass is 31.1. The molecule has 3 saturated heterocycles. The molecule has 8 nitrogen and oxygen atoms in total. The lowest BCUT2D eigenvalue weighted by Gasteiger charge is -2.28. The molecule has 0 aliphatic carbocycles. The lowest BCUT2D eigenvalue weighted by molar-refractivity contribution is -0.221. The van der Waals surface area contributed by atoms with E-state index >= 15 is 0 Å². The van der Waals surface area contributed by atoms with Crippen molar-refractivity contribution in [2.45, 2.75) is 109 Å². The smallest absolute Gasteiger partial charge is 0.307 e. The number of rotatable bonds is 5. The van der Waals surface area contributed by atoms with Gasteiger partial charge in [0.05, 0.1) is 28.8 Å². The molecule has 11 heteroatoms. The van der Waals surface area contributed by atoms with Crippen LogP contribution in [0.5, 0.6) is 0 Å². The SMILES string of the molecule is CC1(C)O[C@H]2O[C@H]([C@H]3COC(C)(C)O3)[C@H](Np3oc4c([Si](C)(C)C)cccc4c4cccc([Si](C)(C)C)c4o3)[C@H]2O1. The number of para-hydroxylation sites is 2. The first-order valence-corrected chi connectivity index (χ1v) is 22.7. The Labute approximate surface area is 245 Å². The Hall–Kier alpha value is -1.47. The minimum absolute atomic E-state index is 0.292. The molecule has 3 aliphatic heterocycles.